The third-order valence-corrected chi connectivity index (χ3v) is 4.65. The van der Waals surface area contributed by atoms with Crippen LogP contribution in [0.1, 0.15) is 15.9 Å². The lowest BCUT2D eigenvalue weighted by molar-refractivity contribution is -0.000335. The van der Waals surface area contributed by atoms with Gasteiger partial charge in [0.2, 0.25) is 0 Å². The minimum atomic E-state index is -1.22. The number of nitrogens with zero attached hydrogens (tertiary/aromatic N) is 2. The van der Waals surface area contributed by atoms with Crippen LogP contribution in [0.5, 0.6) is 11.5 Å². The number of aromatic hydroxyl groups is 1. The number of hydrogen-bond acceptors (Lipinski definition) is 7. The van der Waals surface area contributed by atoms with Crippen molar-refractivity contribution < 1.29 is 19.7 Å². The molecule has 0 saturated carbocycles. The highest BCUT2D eigenvalue weighted by Crippen LogP contribution is 2.33. The number of aryl methyl sites for hydroxylation is 1. The van der Waals surface area contributed by atoms with E-state index in [1.54, 1.807) is 12.1 Å². The van der Waals surface area contributed by atoms with E-state index < -0.39 is 5.97 Å². The number of phenols is 1. The molecule has 1 aliphatic rings. The second-order valence-electron chi connectivity index (χ2n) is 6.49. The molecule has 1 fully saturated rings. The van der Waals surface area contributed by atoms with Gasteiger partial charge in [0, 0.05) is 26.3 Å². The van der Waals surface area contributed by atoms with Gasteiger partial charge >= 0.3 is 5.97 Å². The molecule has 0 bridgehead atoms. The zero-order valence-electron chi connectivity index (χ0n) is 15.3. The fraction of sp³-hybridized carbons (Fsp3) is 0.588. The number of hydrogen-bond donors (Lipinski definition) is 4. The molecule has 5 N–H and O–H groups in total. The maximum Gasteiger partial charge on any atom is 0.343 e. The van der Waals surface area contributed by atoms with Crippen LogP contribution in [-0.2, 0) is 6.42 Å². The predicted molar refractivity (Wildman–Crippen MR) is 99.9 cm³/mol. The zero-order valence-corrected chi connectivity index (χ0v) is 15.3. The van der Waals surface area contributed by atoms with E-state index in [2.05, 4.69) is 10.2 Å². The van der Waals surface area contributed by atoms with Gasteiger partial charge in [0.1, 0.15) is 23.2 Å². The topological polar surface area (TPSA) is 111 Å². The maximum absolute atomic E-state index is 11.5. The minimum absolute atomic E-state index is 0.117. The van der Waals surface area contributed by atoms with Gasteiger partial charge in [-0.1, -0.05) is 12.4 Å². The summed E-state index contributed by atoms with van der Waals surface area (Å²) in [6.45, 7) is 2.61. The van der Waals surface area contributed by atoms with Crippen molar-refractivity contribution >= 4 is 13.8 Å². The van der Waals surface area contributed by atoms with Gasteiger partial charge in [0.15, 0.2) is 0 Å². The highest BCUT2D eigenvalue weighted by atomic mass is 16.5. The Morgan fingerprint density at radius 3 is 2.77 bits per heavy atom. The maximum atomic E-state index is 11.5. The molecule has 2 radical (unpaired) electrons. The number of likely N-dealkylation sites (N-methyl/N-ethyl adjacent to an activating group) is 2. The molecule has 0 spiro atoms. The van der Waals surface area contributed by atoms with Crippen LogP contribution in [0, 0.1) is 0 Å². The Kier molecular flexibility index (Phi) is 7.28. The van der Waals surface area contributed by atoms with E-state index >= 15 is 0 Å². The quantitative estimate of drug-likeness (QED) is 0.331. The third kappa shape index (κ3) is 4.67. The predicted octanol–water partition coefficient (Wildman–Crippen LogP) is -0.324. The van der Waals surface area contributed by atoms with Gasteiger partial charge in [-0.3, -0.25) is 9.80 Å². The third-order valence-electron chi connectivity index (χ3n) is 4.65. The van der Waals surface area contributed by atoms with Crippen molar-refractivity contribution in [2.45, 2.75) is 25.0 Å². The Labute approximate surface area is 155 Å². The van der Waals surface area contributed by atoms with Crippen molar-refractivity contribution in [3.8, 4) is 11.5 Å². The van der Waals surface area contributed by atoms with Crippen LogP contribution >= 0.6 is 0 Å². The molecular weight excluding hydrogens is 335 g/mol. The van der Waals surface area contributed by atoms with Crippen molar-refractivity contribution in [1.29, 1.82) is 0 Å². The van der Waals surface area contributed by atoms with Crippen LogP contribution in [-0.4, -0.2) is 86.5 Å². The van der Waals surface area contributed by atoms with Gasteiger partial charge in [-0.2, -0.15) is 0 Å². The van der Waals surface area contributed by atoms with Crippen LogP contribution in [0.3, 0.4) is 0 Å². The van der Waals surface area contributed by atoms with Gasteiger partial charge in [-0.25, -0.2) is 4.79 Å². The van der Waals surface area contributed by atoms with Crippen molar-refractivity contribution in [3.05, 3.63) is 23.3 Å². The number of aromatic carboxylic acids is 1. The number of benzene rings is 1. The van der Waals surface area contributed by atoms with Crippen LogP contribution in [0.2, 0.25) is 6.32 Å². The van der Waals surface area contributed by atoms with E-state index in [1.807, 2.05) is 19.0 Å². The number of nitrogens with one attached hydrogen (secondary N) is 1. The monoisotopic (exact) mass is 362 g/mol. The van der Waals surface area contributed by atoms with Gasteiger partial charge < -0.3 is 26.0 Å². The fourth-order valence-corrected chi connectivity index (χ4v) is 3.03. The van der Waals surface area contributed by atoms with Crippen molar-refractivity contribution in [2.24, 2.45) is 5.73 Å². The molecule has 8 nitrogen and oxygen atoms in total. The molecule has 2 rings (SSSR count). The Morgan fingerprint density at radius 1 is 1.54 bits per heavy atom. The van der Waals surface area contributed by atoms with Gasteiger partial charge in [-0.15, -0.1) is 0 Å². The van der Waals surface area contributed by atoms with Gasteiger partial charge in [-0.05, 0) is 32.1 Å². The van der Waals surface area contributed by atoms with Crippen molar-refractivity contribution in [1.82, 2.24) is 15.1 Å². The molecule has 1 aromatic carbocycles. The summed E-state index contributed by atoms with van der Waals surface area (Å²) in [5.41, 5.74) is 5.97. The first-order chi connectivity index (χ1) is 12.4. The molecule has 1 aliphatic heterocycles. The number of carboxylic acids is 1. The zero-order chi connectivity index (χ0) is 19.3. The van der Waals surface area contributed by atoms with Crippen LogP contribution < -0.4 is 15.8 Å². The second-order valence-corrected chi connectivity index (χ2v) is 6.49. The van der Waals surface area contributed by atoms with Gasteiger partial charge in [0.25, 0.3) is 0 Å². The lowest BCUT2D eigenvalue weighted by Gasteiger charge is -2.42. The molecule has 142 valence electrons. The summed E-state index contributed by atoms with van der Waals surface area (Å²) in [4.78, 5) is 15.7. The lowest BCUT2D eigenvalue weighted by Crippen LogP contribution is -2.60. The normalized spacial score (nSPS) is 16.5. The first kappa shape index (κ1) is 20.5. The van der Waals surface area contributed by atoms with E-state index in [9.17, 15) is 15.0 Å². The van der Waals surface area contributed by atoms with Crippen molar-refractivity contribution in [3.63, 3.8) is 0 Å². The van der Waals surface area contributed by atoms with E-state index in [0.717, 1.165) is 6.54 Å². The molecule has 1 atom stereocenters. The smallest absolute Gasteiger partial charge is 0.343 e. The summed E-state index contributed by atoms with van der Waals surface area (Å²) in [5, 5.41) is 22.8. The molecule has 9 heteroatoms. The number of nitrogens with two attached hydrogens (primary N) is 1. The fourth-order valence-electron chi connectivity index (χ4n) is 3.03. The van der Waals surface area contributed by atoms with E-state index in [-0.39, 0.29) is 29.3 Å². The summed E-state index contributed by atoms with van der Waals surface area (Å²) in [6.07, 6.45) is 0.751. The van der Waals surface area contributed by atoms with Crippen molar-refractivity contribution in [2.75, 3.05) is 40.4 Å². The summed E-state index contributed by atoms with van der Waals surface area (Å²) < 4.78 is 5.82. The Bertz CT molecular complexity index is 625. The van der Waals surface area contributed by atoms with E-state index in [1.165, 1.54) is 0 Å². The van der Waals surface area contributed by atoms with Crippen LogP contribution in [0.15, 0.2) is 12.1 Å². The van der Waals surface area contributed by atoms with E-state index in [0.29, 0.717) is 38.1 Å². The van der Waals surface area contributed by atoms with Crippen LogP contribution in [0.4, 0.5) is 0 Å². The number of carboxylic acid groups (broad SMARTS) is 1. The largest absolute Gasteiger partial charge is 0.507 e. The van der Waals surface area contributed by atoms with E-state index in [4.69, 9.17) is 18.3 Å². The molecular formula is C17H27BN4O4. The standard InChI is InChI=1S/C17H27BN4O4/c1-20-14(21(2)10-19)9-22-7-12(8-22)26-13-4-3-11(5-6-18)16(23)15(13)17(24)25/h3-4,12,14,20,23H,5-10,19H2,1-2H3,(H,24,25). The highest BCUT2D eigenvalue weighted by molar-refractivity contribution is 6.08. The Balaban J connectivity index is 1.98. The number of rotatable bonds is 10. The molecule has 1 aromatic rings. The summed E-state index contributed by atoms with van der Waals surface area (Å²) in [5.74, 6) is -1.30. The average Bonchev–Trinajstić information content (AvgIpc) is 2.58. The lowest BCUT2D eigenvalue weighted by atomic mass is 9.95. The second kappa shape index (κ2) is 9.22. The first-order valence-electron chi connectivity index (χ1n) is 8.66. The summed E-state index contributed by atoms with van der Waals surface area (Å²) in [6, 6.07) is 3.25. The number of likely N-dealkylation sites (tertiary alicyclic amines) is 1. The Hall–Kier alpha value is -1.81. The summed E-state index contributed by atoms with van der Waals surface area (Å²) in [7, 11) is 9.32. The number of carbonyl (C=O) groups is 1. The molecule has 0 aliphatic carbocycles. The molecule has 0 aromatic heterocycles. The molecule has 0 amide bonds. The first-order valence-corrected chi connectivity index (χ1v) is 8.66. The minimum Gasteiger partial charge on any atom is -0.507 e. The molecule has 1 saturated heterocycles. The highest BCUT2D eigenvalue weighted by Gasteiger charge is 2.32. The average molecular weight is 362 g/mol. The van der Waals surface area contributed by atoms with Gasteiger partial charge in [0.05, 0.1) is 14.0 Å². The molecule has 26 heavy (non-hydrogen) atoms. The number of ether oxygens (including phenoxy) is 1. The molecule has 1 heterocycles. The Morgan fingerprint density at radius 2 is 2.23 bits per heavy atom. The SMILES string of the molecule is [B]CCc1ccc(OC2CN(CC(NC)N(C)CN)C2)c(C(=O)O)c1O. The molecule has 1 unspecified atom stereocenters. The van der Waals surface area contributed by atoms with Crippen LogP contribution in [0.25, 0.3) is 0 Å². The summed E-state index contributed by atoms with van der Waals surface area (Å²) >= 11 is 0.